The molecule has 7 rings (SSSR count). The van der Waals surface area contributed by atoms with Crippen LogP contribution in [0.15, 0.2) is 60.7 Å². The van der Waals surface area contributed by atoms with Crippen LogP contribution >= 0.6 is 0 Å². The molecule has 5 heterocycles. The number of benzene rings is 2. The van der Waals surface area contributed by atoms with Crippen LogP contribution in [0.3, 0.4) is 0 Å². The van der Waals surface area contributed by atoms with E-state index < -0.39 is 0 Å². The summed E-state index contributed by atoms with van der Waals surface area (Å²) in [5.74, 6) is 2.57. The number of hydrogen-bond acceptors (Lipinski definition) is 6. The van der Waals surface area contributed by atoms with Crippen molar-refractivity contribution in [2.24, 2.45) is 0 Å². The van der Waals surface area contributed by atoms with Crippen LogP contribution in [-0.2, 0) is 35.9 Å². The summed E-state index contributed by atoms with van der Waals surface area (Å²) in [4.78, 5) is 4.70. The highest BCUT2D eigenvalue weighted by molar-refractivity contribution is 5.29. The molecule has 38 heavy (non-hydrogen) atoms. The molecule has 0 unspecified atom stereocenters. The minimum Gasteiger partial charge on any atom is -0.497 e. The van der Waals surface area contributed by atoms with Crippen LogP contribution in [0.1, 0.15) is 73.9 Å². The molecule has 0 saturated carbocycles. The third-order valence-electron chi connectivity index (χ3n) is 6.60. The first-order chi connectivity index (χ1) is 18.8. The number of hydrogen-bond donors (Lipinski definition) is 0. The van der Waals surface area contributed by atoms with Crippen LogP contribution in [0.4, 0.5) is 0 Å². The summed E-state index contributed by atoms with van der Waals surface area (Å²) >= 11 is 0. The van der Waals surface area contributed by atoms with E-state index in [0.717, 1.165) is 65.8 Å². The highest BCUT2D eigenvalue weighted by Gasteiger charge is 2.06. The summed E-state index contributed by atoms with van der Waals surface area (Å²) in [6.07, 6.45) is 9.77. The number of aromatic nitrogens is 1. The van der Waals surface area contributed by atoms with Gasteiger partial charge in [-0.05, 0) is 48.2 Å². The zero-order valence-electron chi connectivity index (χ0n) is 22.7. The Balaban J connectivity index is 1.34. The molecule has 1 aromatic heterocycles. The van der Waals surface area contributed by atoms with Gasteiger partial charge in [0, 0.05) is 12.1 Å². The van der Waals surface area contributed by atoms with Crippen molar-refractivity contribution in [3.63, 3.8) is 0 Å². The first-order valence-corrected chi connectivity index (χ1v) is 13.9. The normalized spacial score (nSPS) is 16.9. The van der Waals surface area contributed by atoms with E-state index in [0.29, 0.717) is 26.4 Å². The fourth-order valence-electron chi connectivity index (χ4n) is 4.44. The Bertz CT molecular complexity index is 986. The molecule has 0 spiro atoms. The number of nitrogens with zero attached hydrogens (tertiary/aromatic N) is 1. The number of ether oxygens (including phenoxy) is 5. The van der Waals surface area contributed by atoms with Gasteiger partial charge in [-0.2, -0.15) is 0 Å². The van der Waals surface area contributed by atoms with E-state index in [1.807, 2.05) is 36.4 Å². The van der Waals surface area contributed by atoms with Gasteiger partial charge in [-0.15, -0.1) is 0 Å². The molecule has 0 fully saturated rings. The molecule has 0 radical (unpaired) electrons. The van der Waals surface area contributed by atoms with Crippen molar-refractivity contribution in [3.8, 4) is 17.2 Å². The second kappa shape index (κ2) is 16.0. The lowest BCUT2D eigenvalue weighted by Crippen LogP contribution is -2.03. The van der Waals surface area contributed by atoms with Crippen LogP contribution < -0.4 is 14.2 Å². The van der Waals surface area contributed by atoms with Crippen molar-refractivity contribution in [1.82, 2.24) is 4.98 Å². The zero-order valence-corrected chi connectivity index (χ0v) is 22.7. The maximum Gasteiger partial charge on any atom is 0.122 e. The smallest absolute Gasteiger partial charge is 0.122 e. The fourth-order valence-corrected chi connectivity index (χ4v) is 4.44. The van der Waals surface area contributed by atoms with Gasteiger partial charge in [0.2, 0.25) is 0 Å². The molecule has 0 atom stereocenters. The molecule has 6 heteroatoms. The Morgan fingerprint density at radius 3 is 1.39 bits per heavy atom. The molecule has 6 bridgehead atoms. The summed E-state index contributed by atoms with van der Waals surface area (Å²) < 4.78 is 29.2. The van der Waals surface area contributed by atoms with Gasteiger partial charge in [0.1, 0.15) is 17.2 Å². The summed E-state index contributed by atoms with van der Waals surface area (Å²) in [6, 6.07) is 20.1. The van der Waals surface area contributed by atoms with Gasteiger partial charge in [-0.25, -0.2) is 0 Å². The van der Waals surface area contributed by atoms with E-state index >= 15 is 0 Å². The first kappa shape index (κ1) is 27.9. The van der Waals surface area contributed by atoms with Gasteiger partial charge < -0.3 is 23.7 Å². The standard InChI is InChI=1S/C32H41NO5/c1-34-32-20-28-24-35-22-26-10-14-30(15-11-26)37-18-8-6-4-2-3-5-7-9-19-38-31-16-12-27(13-17-31)23-36-25-29(21-32)33-28/h10-17,20-21H,2-9,18-19,22-25H2,1H3. The van der Waals surface area contributed by atoms with E-state index in [1.165, 1.54) is 38.5 Å². The van der Waals surface area contributed by atoms with Crippen LogP contribution in [0.2, 0.25) is 0 Å². The highest BCUT2D eigenvalue weighted by atomic mass is 16.5. The highest BCUT2D eigenvalue weighted by Crippen LogP contribution is 2.19. The quantitative estimate of drug-likeness (QED) is 0.333. The zero-order chi connectivity index (χ0) is 26.3. The molecule has 3 aromatic rings. The molecule has 4 aliphatic rings. The second-order valence-corrected chi connectivity index (χ2v) is 9.79. The van der Waals surface area contributed by atoms with Gasteiger partial charge in [-0.1, -0.05) is 62.8 Å². The van der Waals surface area contributed by atoms with Crippen LogP contribution in [-0.4, -0.2) is 25.3 Å². The molecule has 0 aliphatic carbocycles. The Morgan fingerprint density at radius 2 is 0.974 bits per heavy atom. The van der Waals surface area contributed by atoms with Gasteiger partial charge in [0.15, 0.2) is 0 Å². The first-order valence-electron chi connectivity index (χ1n) is 13.9. The van der Waals surface area contributed by atoms with E-state index in [2.05, 4.69) is 24.3 Å². The van der Waals surface area contributed by atoms with Crippen molar-refractivity contribution in [2.75, 3.05) is 20.3 Å². The van der Waals surface area contributed by atoms with Crippen molar-refractivity contribution in [3.05, 3.63) is 83.2 Å². The summed E-state index contributed by atoms with van der Waals surface area (Å²) in [5, 5.41) is 0. The van der Waals surface area contributed by atoms with Crippen LogP contribution in [0, 0.1) is 0 Å². The van der Waals surface area contributed by atoms with E-state index in [1.54, 1.807) is 7.11 Å². The molecule has 0 N–H and O–H groups in total. The molecule has 6 nitrogen and oxygen atoms in total. The second-order valence-electron chi connectivity index (χ2n) is 9.79. The monoisotopic (exact) mass is 519 g/mol. The van der Waals surface area contributed by atoms with Crippen LogP contribution in [0.25, 0.3) is 0 Å². The van der Waals surface area contributed by atoms with Crippen molar-refractivity contribution >= 4 is 0 Å². The Hall–Kier alpha value is -3.09. The molecule has 0 amide bonds. The van der Waals surface area contributed by atoms with Gasteiger partial charge in [0.05, 0.1) is 58.1 Å². The van der Waals surface area contributed by atoms with Crippen molar-refractivity contribution in [2.45, 2.75) is 77.8 Å². The molecule has 0 saturated heterocycles. The van der Waals surface area contributed by atoms with Crippen LogP contribution in [0.5, 0.6) is 17.2 Å². The Morgan fingerprint density at radius 1 is 0.553 bits per heavy atom. The number of pyridine rings is 1. The lowest BCUT2D eigenvalue weighted by molar-refractivity contribution is 0.0977. The average Bonchev–Trinajstić information content (AvgIpc) is 2.94. The largest absolute Gasteiger partial charge is 0.497 e. The van der Waals surface area contributed by atoms with Crippen molar-refractivity contribution in [1.29, 1.82) is 0 Å². The van der Waals surface area contributed by atoms with E-state index in [9.17, 15) is 0 Å². The summed E-state index contributed by atoms with van der Waals surface area (Å²) in [6.45, 7) is 3.33. The predicted molar refractivity (Wildman–Crippen MR) is 149 cm³/mol. The SMILES string of the molecule is COc1cc2nc(c1)COCc1ccc(cc1)OCCCCCCCCCCOc1ccc(cc1)COC2. The van der Waals surface area contributed by atoms with E-state index in [4.69, 9.17) is 28.7 Å². The number of methoxy groups -OCH3 is 1. The minimum absolute atomic E-state index is 0.393. The minimum atomic E-state index is 0.393. The van der Waals surface area contributed by atoms with Crippen molar-refractivity contribution < 1.29 is 23.7 Å². The third kappa shape index (κ3) is 9.99. The Labute approximate surface area is 227 Å². The Kier molecular flexibility index (Phi) is 11.8. The van der Waals surface area contributed by atoms with E-state index in [-0.39, 0.29) is 0 Å². The topological polar surface area (TPSA) is 59.0 Å². The van der Waals surface area contributed by atoms with Gasteiger partial charge in [-0.3, -0.25) is 4.98 Å². The third-order valence-corrected chi connectivity index (χ3v) is 6.60. The maximum atomic E-state index is 5.94. The molecule has 204 valence electrons. The average molecular weight is 520 g/mol. The summed E-state index contributed by atoms with van der Waals surface area (Å²) in [5.41, 5.74) is 3.83. The number of rotatable bonds is 1. The van der Waals surface area contributed by atoms with Gasteiger partial charge in [0.25, 0.3) is 0 Å². The molecular weight excluding hydrogens is 478 g/mol. The summed E-state index contributed by atoms with van der Waals surface area (Å²) in [7, 11) is 1.66. The lowest BCUT2D eigenvalue weighted by Gasteiger charge is -2.11. The lowest BCUT2D eigenvalue weighted by atomic mass is 10.1. The predicted octanol–water partition coefficient (Wildman–Crippen LogP) is 7.42. The molecule has 2 aromatic carbocycles. The molecule has 4 aliphatic heterocycles. The maximum absolute atomic E-state index is 5.94. The fraction of sp³-hybridized carbons (Fsp3) is 0.469. The van der Waals surface area contributed by atoms with Gasteiger partial charge >= 0.3 is 0 Å². The molecular formula is C32H41NO5.